The number of nitrogens with one attached hydrogen (secondary N) is 2. The fourth-order valence-electron chi connectivity index (χ4n) is 2.87. The number of carbonyl (C=O) groups excluding carboxylic acids is 2. The van der Waals surface area contributed by atoms with Gasteiger partial charge in [0.15, 0.2) is 0 Å². The fourth-order valence-corrected chi connectivity index (χ4v) is 2.87. The third-order valence-electron chi connectivity index (χ3n) is 4.76. The van der Waals surface area contributed by atoms with E-state index in [1.807, 2.05) is 0 Å². The van der Waals surface area contributed by atoms with Crippen LogP contribution in [0.2, 0.25) is 0 Å². The maximum Gasteiger partial charge on any atom is 0.252 e. The number of hydrogen-bond acceptors (Lipinski definition) is 4. The Morgan fingerprint density at radius 3 is 1.50 bits per heavy atom. The number of likely N-dealkylation sites (N-methyl/N-ethyl adjacent to an activating group) is 2. The molecule has 0 spiro atoms. The fraction of sp³-hybridized carbons (Fsp3) is 0.636. The Morgan fingerprint density at radius 2 is 1.14 bits per heavy atom. The Bertz CT molecular complexity index is 541. The molecule has 0 aliphatic carbocycles. The average Bonchev–Trinajstić information content (AvgIpc) is 2.70. The Kier molecular flexibility index (Phi) is 12.2. The predicted molar refractivity (Wildman–Crippen MR) is 116 cm³/mol. The van der Waals surface area contributed by atoms with Gasteiger partial charge in [0.2, 0.25) is 0 Å². The first kappa shape index (κ1) is 24.1. The molecular formula is C22H38N4O2. The normalized spacial score (nSPS) is 11.1. The number of benzene rings is 1. The lowest BCUT2D eigenvalue weighted by molar-refractivity contribution is 0.0915. The molecule has 0 unspecified atom stereocenters. The summed E-state index contributed by atoms with van der Waals surface area (Å²) in [5.74, 6) is -0.399. The molecule has 0 heterocycles. The molecule has 0 atom stereocenters. The molecule has 158 valence electrons. The van der Waals surface area contributed by atoms with Gasteiger partial charge in [0.25, 0.3) is 11.8 Å². The average molecular weight is 391 g/mol. The Hall–Kier alpha value is -1.92. The van der Waals surface area contributed by atoms with Gasteiger partial charge in [-0.2, -0.15) is 0 Å². The molecule has 28 heavy (non-hydrogen) atoms. The summed E-state index contributed by atoms with van der Waals surface area (Å²) in [5.41, 5.74) is 0.853. The van der Waals surface area contributed by atoms with Crippen molar-refractivity contribution < 1.29 is 9.59 Å². The van der Waals surface area contributed by atoms with Gasteiger partial charge in [0, 0.05) is 26.2 Å². The van der Waals surface area contributed by atoms with Gasteiger partial charge in [0.1, 0.15) is 0 Å². The van der Waals surface area contributed by atoms with Crippen LogP contribution < -0.4 is 10.6 Å². The van der Waals surface area contributed by atoms with Crippen LogP contribution in [0.5, 0.6) is 0 Å². The summed E-state index contributed by atoms with van der Waals surface area (Å²) in [6, 6.07) is 6.99. The topological polar surface area (TPSA) is 64.7 Å². The van der Waals surface area contributed by atoms with Gasteiger partial charge in [-0.1, -0.05) is 38.8 Å². The number of rotatable bonds is 14. The van der Waals surface area contributed by atoms with Gasteiger partial charge in [-0.3, -0.25) is 9.59 Å². The molecule has 1 aromatic carbocycles. The van der Waals surface area contributed by atoms with Crippen molar-refractivity contribution in [3.8, 4) is 0 Å². The second-order valence-electron chi connectivity index (χ2n) is 7.37. The summed E-state index contributed by atoms with van der Waals surface area (Å²) in [5, 5.41) is 5.86. The summed E-state index contributed by atoms with van der Waals surface area (Å²) in [4.78, 5) is 29.5. The SMILES string of the molecule is CCCCN(C)CCNC(=O)c1ccccc1C(=O)NCCN(C)CCCC. The highest BCUT2D eigenvalue weighted by Gasteiger charge is 2.16. The highest BCUT2D eigenvalue weighted by Crippen LogP contribution is 2.08. The number of amides is 2. The quantitative estimate of drug-likeness (QED) is 0.513. The minimum atomic E-state index is -0.199. The van der Waals surface area contributed by atoms with Gasteiger partial charge in [-0.25, -0.2) is 0 Å². The Labute approximate surface area is 170 Å². The van der Waals surface area contributed by atoms with Crippen LogP contribution in [0.4, 0.5) is 0 Å². The maximum absolute atomic E-state index is 12.5. The first-order valence-corrected chi connectivity index (χ1v) is 10.5. The monoisotopic (exact) mass is 390 g/mol. The van der Waals surface area contributed by atoms with Gasteiger partial charge in [-0.05, 0) is 52.2 Å². The van der Waals surface area contributed by atoms with E-state index in [2.05, 4.69) is 48.4 Å². The minimum Gasteiger partial charge on any atom is -0.351 e. The van der Waals surface area contributed by atoms with Crippen molar-refractivity contribution in [2.75, 3.05) is 53.4 Å². The zero-order chi connectivity index (χ0) is 20.8. The molecular weight excluding hydrogens is 352 g/mol. The molecule has 2 N–H and O–H groups in total. The highest BCUT2D eigenvalue weighted by molar-refractivity contribution is 6.07. The Morgan fingerprint density at radius 1 is 0.750 bits per heavy atom. The Balaban J connectivity index is 2.51. The molecule has 0 saturated carbocycles. The second kappa shape index (κ2) is 14.1. The molecule has 0 saturated heterocycles. The van der Waals surface area contributed by atoms with Crippen LogP contribution in [0, 0.1) is 0 Å². The van der Waals surface area contributed by atoms with E-state index in [-0.39, 0.29) is 11.8 Å². The summed E-state index contributed by atoms with van der Waals surface area (Å²) >= 11 is 0. The van der Waals surface area contributed by atoms with Crippen molar-refractivity contribution in [1.82, 2.24) is 20.4 Å². The molecule has 1 aromatic rings. The molecule has 0 fully saturated rings. The maximum atomic E-state index is 12.5. The van der Waals surface area contributed by atoms with E-state index in [4.69, 9.17) is 0 Å². The van der Waals surface area contributed by atoms with Crippen LogP contribution in [0.3, 0.4) is 0 Å². The lowest BCUT2D eigenvalue weighted by atomic mass is 10.1. The molecule has 0 bridgehead atoms. The van der Waals surface area contributed by atoms with Crippen molar-refractivity contribution >= 4 is 11.8 Å². The summed E-state index contributed by atoms with van der Waals surface area (Å²) in [7, 11) is 4.11. The van der Waals surface area contributed by atoms with Crippen molar-refractivity contribution in [1.29, 1.82) is 0 Å². The van der Waals surface area contributed by atoms with Crippen molar-refractivity contribution in [2.45, 2.75) is 39.5 Å². The van der Waals surface area contributed by atoms with Gasteiger partial charge < -0.3 is 20.4 Å². The molecule has 6 heteroatoms. The highest BCUT2D eigenvalue weighted by atomic mass is 16.2. The van der Waals surface area contributed by atoms with E-state index in [0.29, 0.717) is 24.2 Å². The summed E-state index contributed by atoms with van der Waals surface area (Å²) < 4.78 is 0. The zero-order valence-electron chi connectivity index (χ0n) is 18.1. The summed E-state index contributed by atoms with van der Waals surface area (Å²) in [6.07, 6.45) is 4.63. The van der Waals surface area contributed by atoms with E-state index in [0.717, 1.165) is 51.9 Å². The minimum absolute atomic E-state index is 0.199. The molecule has 6 nitrogen and oxygen atoms in total. The standard InChI is InChI=1S/C22H38N4O2/c1-5-7-15-25(3)17-13-23-21(27)19-11-9-10-12-20(19)22(28)24-14-18-26(4)16-8-6-2/h9-12H,5-8,13-18H2,1-4H3,(H,23,27)(H,24,28). The molecule has 0 aliphatic rings. The third kappa shape index (κ3) is 9.33. The third-order valence-corrected chi connectivity index (χ3v) is 4.76. The van der Waals surface area contributed by atoms with Crippen LogP contribution in [0.25, 0.3) is 0 Å². The molecule has 0 aromatic heterocycles. The van der Waals surface area contributed by atoms with Gasteiger partial charge in [0.05, 0.1) is 11.1 Å². The lowest BCUT2D eigenvalue weighted by Gasteiger charge is -2.17. The molecule has 1 rings (SSSR count). The van der Waals surface area contributed by atoms with E-state index in [1.54, 1.807) is 24.3 Å². The first-order chi connectivity index (χ1) is 13.5. The van der Waals surface area contributed by atoms with Crippen LogP contribution in [0.1, 0.15) is 60.2 Å². The predicted octanol–water partition coefficient (Wildman–Crippen LogP) is 2.61. The van der Waals surface area contributed by atoms with Crippen LogP contribution >= 0.6 is 0 Å². The zero-order valence-corrected chi connectivity index (χ0v) is 18.1. The molecule has 0 radical (unpaired) electrons. The van der Waals surface area contributed by atoms with Crippen LogP contribution in [-0.4, -0.2) is 75.0 Å². The summed E-state index contributed by atoms with van der Waals surface area (Å²) in [6.45, 7) is 9.11. The van der Waals surface area contributed by atoms with Crippen LogP contribution in [0.15, 0.2) is 24.3 Å². The molecule has 0 aliphatic heterocycles. The second-order valence-corrected chi connectivity index (χ2v) is 7.37. The van der Waals surface area contributed by atoms with Crippen molar-refractivity contribution in [2.24, 2.45) is 0 Å². The number of carbonyl (C=O) groups is 2. The van der Waals surface area contributed by atoms with E-state index >= 15 is 0 Å². The van der Waals surface area contributed by atoms with E-state index < -0.39 is 0 Å². The number of unbranched alkanes of at least 4 members (excludes halogenated alkanes) is 2. The first-order valence-electron chi connectivity index (χ1n) is 10.5. The van der Waals surface area contributed by atoms with Gasteiger partial charge >= 0.3 is 0 Å². The largest absolute Gasteiger partial charge is 0.351 e. The van der Waals surface area contributed by atoms with Gasteiger partial charge in [-0.15, -0.1) is 0 Å². The van der Waals surface area contributed by atoms with E-state index in [9.17, 15) is 9.59 Å². The molecule has 2 amide bonds. The lowest BCUT2D eigenvalue weighted by Crippen LogP contribution is -2.36. The van der Waals surface area contributed by atoms with Crippen LogP contribution in [-0.2, 0) is 0 Å². The number of hydrogen-bond donors (Lipinski definition) is 2. The van der Waals surface area contributed by atoms with Crippen molar-refractivity contribution in [3.63, 3.8) is 0 Å². The number of nitrogens with zero attached hydrogens (tertiary/aromatic N) is 2. The van der Waals surface area contributed by atoms with Crippen molar-refractivity contribution in [3.05, 3.63) is 35.4 Å². The van der Waals surface area contributed by atoms with E-state index in [1.165, 1.54) is 0 Å². The smallest absolute Gasteiger partial charge is 0.252 e.